The largest absolute Gasteiger partial charge is 0.382 e. The highest BCUT2D eigenvalue weighted by Crippen LogP contribution is 2.27. The number of benzene rings is 2. The maximum atomic E-state index is 10.5. The van der Waals surface area contributed by atoms with E-state index < -0.39 is 6.10 Å². The molecule has 0 aliphatic rings. The van der Waals surface area contributed by atoms with E-state index in [1.54, 1.807) is 0 Å². The Morgan fingerprint density at radius 3 is 2.33 bits per heavy atom. The first-order valence-electron chi connectivity index (χ1n) is 6.05. The Morgan fingerprint density at radius 2 is 1.61 bits per heavy atom. The van der Waals surface area contributed by atoms with Crippen LogP contribution in [0.15, 0.2) is 60.7 Å². The molecule has 0 bridgehead atoms. The van der Waals surface area contributed by atoms with E-state index in [1.165, 1.54) is 0 Å². The minimum atomic E-state index is -0.580. The Hall–Kier alpha value is -2.06. The molecular weight excluding hydrogens is 222 g/mol. The van der Waals surface area contributed by atoms with Crippen molar-refractivity contribution in [2.75, 3.05) is 0 Å². The van der Waals surface area contributed by atoms with Crippen LogP contribution in [-0.4, -0.2) is 9.67 Å². The van der Waals surface area contributed by atoms with Crippen LogP contribution in [0, 0.1) is 0 Å². The van der Waals surface area contributed by atoms with Gasteiger partial charge < -0.3 is 9.67 Å². The molecule has 0 fully saturated rings. The molecule has 0 aliphatic heterocycles. The van der Waals surface area contributed by atoms with Crippen LogP contribution in [0.1, 0.15) is 17.4 Å². The molecule has 2 heteroatoms. The number of rotatable bonds is 2. The van der Waals surface area contributed by atoms with Gasteiger partial charge >= 0.3 is 0 Å². The molecule has 0 spiro atoms. The van der Waals surface area contributed by atoms with Crippen molar-refractivity contribution in [1.29, 1.82) is 0 Å². The minimum absolute atomic E-state index is 0.580. The fourth-order valence-electron chi connectivity index (χ4n) is 2.38. The van der Waals surface area contributed by atoms with Gasteiger partial charge in [-0.2, -0.15) is 0 Å². The van der Waals surface area contributed by atoms with Crippen LogP contribution < -0.4 is 0 Å². The standard InChI is InChI=1S/C16H15NO/c1-17-14-10-6-5-9-13(14)11-15(17)16(18)12-7-3-2-4-8-12/h2-11,16,18H,1H3. The lowest BCUT2D eigenvalue weighted by molar-refractivity contribution is 0.212. The van der Waals surface area contributed by atoms with Gasteiger partial charge in [-0.15, -0.1) is 0 Å². The topological polar surface area (TPSA) is 25.2 Å². The van der Waals surface area contributed by atoms with Crippen molar-refractivity contribution in [1.82, 2.24) is 4.57 Å². The number of nitrogens with zero attached hydrogens (tertiary/aromatic N) is 1. The molecule has 0 saturated heterocycles. The SMILES string of the molecule is Cn1c(C(O)c2ccccc2)cc2ccccc21. The summed E-state index contributed by atoms with van der Waals surface area (Å²) in [6.07, 6.45) is -0.580. The lowest BCUT2D eigenvalue weighted by Gasteiger charge is -2.12. The fourth-order valence-corrected chi connectivity index (χ4v) is 2.38. The maximum absolute atomic E-state index is 10.5. The van der Waals surface area contributed by atoms with Crippen molar-refractivity contribution in [3.8, 4) is 0 Å². The molecule has 3 rings (SSSR count). The van der Waals surface area contributed by atoms with Gasteiger partial charge in [0.15, 0.2) is 0 Å². The van der Waals surface area contributed by atoms with E-state index in [0.29, 0.717) is 0 Å². The number of hydrogen-bond acceptors (Lipinski definition) is 1. The van der Waals surface area contributed by atoms with Crippen LogP contribution in [0.4, 0.5) is 0 Å². The zero-order valence-corrected chi connectivity index (χ0v) is 10.2. The zero-order valence-electron chi connectivity index (χ0n) is 10.2. The van der Waals surface area contributed by atoms with Crippen LogP contribution in [0.25, 0.3) is 10.9 Å². The molecule has 1 N–H and O–H groups in total. The van der Waals surface area contributed by atoms with E-state index in [2.05, 4.69) is 12.1 Å². The summed E-state index contributed by atoms with van der Waals surface area (Å²) >= 11 is 0. The predicted octanol–water partition coefficient (Wildman–Crippen LogP) is 3.26. The van der Waals surface area contributed by atoms with Crippen molar-refractivity contribution >= 4 is 10.9 Å². The number of aliphatic hydroxyl groups excluding tert-OH is 1. The molecule has 1 heterocycles. The molecule has 1 aromatic heterocycles. The number of aromatic nitrogens is 1. The van der Waals surface area contributed by atoms with Crippen LogP contribution in [0.3, 0.4) is 0 Å². The zero-order chi connectivity index (χ0) is 12.5. The lowest BCUT2D eigenvalue weighted by Crippen LogP contribution is -2.05. The Labute approximate surface area is 106 Å². The van der Waals surface area contributed by atoms with Gasteiger partial charge in [-0.05, 0) is 23.1 Å². The molecule has 0 aliphatic carbocycles. The number of aryl methyl sites for hydroxylation is 1. The maximum Gasteiger partial charge on any atom is 0.119 e. The van der Waals surface area contributed by atoms with E-state index in [-0.39, 0.29) is 0 Å². The molecule has 0 saturated carbocycles. The molecule has 90 valence electrons. The summed E-state index contributed by atoms with van der Waals surface area (Å²) in [4.78, 5) is 0. The molecule has 0 amide bonds. The predicted molar refractivity (Wildman–Crippen MR) is 73.4 cm³/mol. The summed E-state index contributed by atoms with van der Waals surface area (Å²) in [6.45, 7) is 0. The normalized spacial score (nSPS) is 12.8. The number of hydrogen-bond donors (Lipinski definition) is 1. The average Bonchev–Trinajstić information content (AvgIpc) is 2.77. The third kappa shape index (κ3) is 1.71. The highest BCUT2D eigenvalue weighted by atomic mass is 16.3. The van der Waals surface area contributed by atoms with Gasteiger partial charge in [0.25, 0.3) is 0 Å². The van der Waals surface area contributed by atoms with E-state index >= 15 is 0 Å². The van der Waals surface area contributed by atoms with Gasteiger partial charge in [-0.1, -0.05) is 48.5 Å². The van der Waals surface area contributed by atoms with Crippen LogP contribution in [-0.2, 0) is 7.05 Å². The lowest BCUT2D eigenvalue weighted by atomic mass is 10.1. The van der Waals surface area contributed by atoms with Crippen molar-refractivity contribution in [2.24, 2.45) is 7.05 Å². The van der Waals surface area contributed by atoms with E-state index in [4.69, 9.17) is 0 Å². The van der Waals surface area contributed by atoms with Crippen molar-refractivity contribution < 1.29 is 5.11 Å². The monoisotopic (exact) mass is 237 g/mol. The molecular formula is C16H15NO. The van der Waals surface area contributed by atoms with Gasteiger partial charge in [0.2, 0.25) is 0 Å². The first kappa shape index (κ1) is 11.1. The summed E-state index contributed by atoms with van der Waals surface area (Å²) in [5.74, 6) is 0. The summed E-state index contributed by atoms with van der Waals surface area (Å²) in [5, 5.41) is 11.6. The van der Waals surface area contributed by atoms with Gasteiger partial charge in [0.1, 0.15) is 6.10 Å². The van der Waals surface area contributed by atoms with Gasteiger partial charge in [0, 0.05) is 12.6 Å². The molecule has 1 atom stereocenters. The third-order valence-corrected chi connectivity index (χ3v) is 3.38. The van der Waals surface area contributed by atoms with Crippen molar-refractivity contribution in [3.05, 3.63) is 71.9 Å². The van der Waals surface area contributed by atoms with E-state index in [0.717, 1.165) is 22.2 Å². The second-order valence-corrected chi connectivity index (χ2v) is 4.50. The molecule has 2 aromatic carbocycles. The van der Waals surface area contributed by atoms with E-state index in [9.17, 15) is 5.11 Å². The number of para-hydroxylation sites is 1. The highest BCUT2D eigenvalue weighted by molar-refractivity contribution is 5.81. The Morgan fingerprint density at radius 1 is 0.944 bits per heavy atom. The minimum Gasteiger partial charge on any atom is -0.382 e. The van der Waals surface area contributed by atoms with Gasteiger partial charge in [0.05, 0.1) is 5.69 Å². The van der Waals surface area contributed by atoms with Gasteiger partial charge in [-0.25, -0.2) is 0 Å². The Balaban J connectivity index is 2.12. The number of fused-ring (bicyclic) bond motifs is 1. The highest BCUT2D eigenvalue weighted by Gasteiger charge is 2.15. The quantitative estimate of drug-likeness (QED) is 0.727. The van der Waals surface area contributed by atoms with Crippen LogP contribution in [0.5, 0.6) is 0 Å². The van der Waals surface area contributed by atoms with E-state index in [1.807, 2.05) is 60.1 Å². The summed E-state index contributed by atoms with van der Waals surface area (Å²) < 4.78 is 2.05. The van der Waals surface area contributed by atoms with Gasteiger partial charge in [-0.3, -0.25) is 0 Å². The first-order valence-corrected chi connectivity index (χ1v) is 6.05. The summed E-state index contributed by atoms with van der Waals surface area (Å²) in [7, 11) is 1.99. The molecule has 2 nitrogen and oxygen atoms in total. The summed E-state index contributed by atoms with van der Waals surface area (Å²) in [5.41, 5.74) is 2.98. The second kappa shape index (κ2) is 4.31. The molecule has 3 aromatic rings. The van der Waals surface area contributed by atoms with Crippen molar-refractivity contribution in [2.45, 2.75) is 6.10 Å². The van der Waals surface area contributed by atoms with Crippen LogP contribution >= 0.6 is 0 Å². The van der Waals surface area contributed by atoms with Crippen LogP contribution in [0.2, 0.25) is 0 Å². The Bertz CT molecular complexity index is 670. The molecule has 0 radical (unpaired) electrons. The average molecular weight is 237 g/mol. The molecule has 1 unspecified atom stereocenters. The molecule has 18 heavy (non-hydrogen) atoms. The van der Waals surface area contributed by atoms with Crippen molar-refractivity contribution in [3.63, 3.8) is 0 Å². The third-order valence-electron chi connectivity index (χ3n) is 3.38. The fraction of sp³-hybridized carbons (Fsp3) is 0.125. The summed E-state index contributed by atoms with van der Waals surface area (Å²) in [6, 6.07) is 20.0. The number of aliphatic hydroxyl groups is 1. The Kier molecular flexibility index (Phi) is 2.65. The smallest absolute Gasteiger partial charge is 0.119 e. The first-order chi connectivity index (χ1) is 8.77. The second-order valence-electron chi connectivity index (χ2n) is 4.50.